The average Bonchev–Trinajstić information content (AvgIpc) is 2.66. The number of anilines is 2. The number of carbonyl (C=O) groups is 1. The molecule has 0 spiro atoms. The molecule has 1 amide bonds. The molecule has 138 valence electrons. The molecule has 3 rings (SSSR count). The molecule has 27 heavy (non-hydrogen) atoms. The highest BCUT2D eigenvalue weighted by atomic mass is 19.1. The van der Waals surface area contributed by atoms with Crippen LogP contribution in [0.5, 0.6) is 0 Å². The Kier molecular flexibility index (Phi) is 5.76. The normalized spacial score (nSPS) is 10.5. The molecular weight excluding hydrogens is 343 g/mol. The highest BCUT2D eigenvalue weighted by Gasteiger charge is 2.10. The Balaban J connectivity index is 1.56. The summed E-state index contributed by atoms with van der Waals surface area (Å²) in [5.74, 6) is 0.00516. The summed E-state index contributed by atoms with van der Waals surface area (Å²) < 4.78 is 13.6. The lowest BCUT2D eigenvalue weighted by Gasteiger charge is -2.09. The Labute approximate surface area is 157 Å². The summed E-state index contributed by atoms with van der Waals surface area (Å²) >= 11 is 0. The van der Waals surface area contributed by atoms with Crippen LogP contribution in [0.3, 0.4) is 0 Å². The third-order valence-corrected chi connectivity index (χ3v) is 4.17. The Morgan fingerprint density at radius 3 is 2.59 bits per heavy atom. The second-order valence-electron chi connectivity index (χ2n) is 6.33. The van der Waals surface area contributed by atoms with Crippen molar-refractivity contribution >= 4 is 17.4 Å². The van der Waals surface area contributed by atoms with E-state index in [4.69, 9.17) is 0 Å². The Hall–Kier alpha value is -3.28. The van der Waals surface area contributed by atoms with Gasteiger partial charge in [-0.25, -0.2) is 14.4 Å². The number of carbonyl (C=O) groups excluding carboxylic acids is 1. The minimum Gasteiger partial charge on any atom is -0.368 e. The molecule has 5 nitrogen and oxygen atoms in total. The van der Waals surface area contributed by atoms with Crippen LogP contribution >= 0.6 is 0 Å². The number of hydrogen-bond donors (Lipinski definition) is 2. The first kappa shape index (κ1) is 18.5. The maximum atomic E-state index is 13.6. The maximum Gasteiger partial charge on any atom is 0.275 e. The average molecular weight is 364 g/mol. The van der Waals surface area contributed by atoms with Crippen molar-refractivity contribution in [3.63, 3.8) is 0 Å². The van der Waals surface area contributed by atoms with Gasteiger partial charge in [0.25, 0.3) is 5.91 Å². The summed E-state index contributed by atoms with van der Waals surface area (Å²) in [5, 5.41) is 5.92. The number of aryl methyl sites for hydroxylation is 2. The summed E-state index contributed by atoms with van der Waals surface area (Å²) in [6, 6.07) is 12.5. The number of halogens is 1. The maximum absolute atomic E-state index is 13.6. The molecule has 6 heteroatoms. The molecule has 0 saturated heterocycles. The Morgan fingerprint density at radius 1 is 1.07 bits per heavy atom. The highest BCUT2D eigenvalue weighted by molar-refractivity contribution is 6.03. The van der Waals surface area contributed by atoms with E-state index < -0.39 is 0 Å². The minimum atomic E-state index is -0.313. The molecule has 0 aliphatic heterocycles. The number of amides is 1. The van der Waals surface area contributed by atoms with Crippen LogP contribution < -0.4 is 10.6 Å². The lowest BCUT2D eigenvalue weighted by molar-refractivity contribution is 0.102. The van der Waals surface area contributed by atoms with Gasteiger partial charge in [0.2, 0.25) is 0 Å². The first-order valence-electron chi connectivity index (χ1n) is 8.71. The second-order valence-corrected chi connectivity index (χ2v) is 6.33. The second kappa shape index (κ2) is 8.40. The molecular formula is C21H21FN4O. The van der Waals surface area contributed by atoms with Crippen LogP contribution in [-0.2, 0) is 6.42 Å². The van der Waals surface area contributed by atoms with Crippen molar-refractivity contribution in [2.75, 3.05) is 17.2 Å². The molecule has 2 N–H and O–H groups in total. The third kappa shape index (κ3) is 4.88. The molecule has 3 aromatic rings. The molecule has 0 saturated carbocycles. The number of nitrogens with one attached hydrogen (secondary N) is 2. The van der Waals surface area contributed by atoms with Gasteiger partial charge in [0.1, 0.15) is 17.3 Å². The number of hydrogen-bond acceptors (Lipinski definition) is 4. The van der Waals surface area contributed by atoms with Gasteiger partial charge in [-0.1, -0.05) is 35.9 Å². The molecule has 0 fully saturated rings. The number of benzene rings is 2. The molecule has 2 aromatic carbocycles. The SMILES string of the molecule is Cc1ccc(NC(=O)c2cnc(NCCc3ccccc3F)cn2)c(C)c1. The summed E-state index contributed by atoms with van der Waals surface area (Å²) in [6.07, 6.45) is 3.45. The fourth-order valence-electron chi connectivity index (χ4n) is 2.70. The molecule has 0 unspecified atom stereocenters. The van der Waals surface area contributed by atoms with Crippen molar-refractivity contribution in [3.8, 4) is 0 Å². The van der Waals surface area contributed by atoms with E-state index in [1.54, 1.807) is 18.2 Å². The van der Waals surface area contributed by atoms with Gasteiger partial charge >= 0.3 is 0 Å². The van der Waals surface area contributed by atoms with Crippen molar-refractivity contribution in [1.82, 2.24) is 9.97 Å². The van der Waals surface area contributed by atoms with Crippen LogP contribution in [-0.4, -0.2) is 22.4 Å². The van der Waals surface area contributed by atoms with Crippen LogP contribution in [0.25, 0.3) is 0 Å². The zero-order valence-electron chi connectivity index (χ0n) is 15.3. The molecule has 0 aliphatic carbocycles. The Morgan fingerprint density at radius 2 is 1.89 bits per heavy atom. The van der Waals surface area contributed by atoms with Crippen molar-refractivity contribution in [2.24, 2.45) is 0 Å². The molecule has 0 aliphatic rings. The molecule has 1 aromatic heterocycles. The fraction of sp³-hybridized carbons (Fsp3) is 0.190. The van der Waals surface area contributed by atoms with E-state index in [1.807, 2.05) is 32.0 Å². The lowest BCUT2D eigenvalue weighted by Crippen LogP contribution is -2.15. The van der Waals surface area contributed by atoms with Gasteiger partial charge in [-0.3, -0.25) is 4.79 Å². The van der Waals surface area contributed by atoms with Crippen molar-refractivity contribution in [3.05, 3.63) is 83.1 Å². The molecule has 0 atom stereocenters. The van der Waals surface area contributed by atoms with E-state index in [2.05, 4.69) is 20.6 Å². The predicted molar refractivity (Wildman–Crippen MR) is 104 cm³/mol. The van der Waals surface area contributed by atoms with E-state index in [0.29, 0.717) is 24.3 Å². The predicted octanol–water partition coefficient (Wildman–Crippen LogP) is 4.14. The van der Waals surface area contributed by atoms with Crippen LogP contribution in [0.15, 0.2) is 54.9 Å². The first-order valence-corrected chi connectivity index (χ1v) is 8.71. The number of rotatable bonds is 6. The zero-order chi connectivity index (χ0) is 19.2. The largest absolute Gasteiger partial charge is 0.368 e. The van der Waals surface area contributed by atoms with Gasteiger partial charge in [0.05, 0.1) is 12.4 Å². The van der Waals surface area contributed by atoms with Crippen LogP contribution in [0, 0.1) is 19.7 Å². The third-order valence-electron chi connectivity index (χ3n) is 4.17. The van der Waals surface area contributed by atoms with E-state index in [0.717, 1.165) is 16.8 Å². The Bertz CT molecular complexity index is 941. The lowest BCUT2D eigenvalue weighted by atomic mass is 10.1. The van der Waals surface area contributed by atoms with Gasteiger partial charge in [0, 0.05) is 12.2 Å². The van der Waals surface area contributed by atoms with Gasteiger partial charge in [-0.05, 0) is 43.5 Å². The summed E-state index contributed by atoms with van der Waals surface area (Å²) in [4.78, 5) is 20.7. The summed E-state index contributed by atoms with van der Waals surface area (Å²) in [5.41, 5.74) is 3.75. The monoisotopic (exact) mass is 364 g/mol. The smallest absolute Gasteiger partial charge is 0.275 e. The van der Waals surface area contributed by atoms with Gasteiger partial charge in [-0.15, -0.1) is 0 Å². The van der Waals surface area contributed by atoms with Crippen molar-refractivity contribution in [1.29, 1.82) is 0 Å². The van der Waals surface area contributed by atoms with Crippen LogP contribution in [0.1, 0.15) is 27.2 Å². The molecule has 0 bridgehead atoms. The summed E-state index contributed by atoms with van der Waals surface area (Å²) in [6.45, 7) is 4.46. The van der Waals surface area contributed by atoms with Crippen LogP contribution in [0.4, 0.5) is 15.9 Å². The fourth-order valence-corrected chi connectivity index (χ4v) is 2.70. The van der Waals surface area contributed by atoms with Crippen LogP contribution in [0.2, 0.25) is 0 Å². The van der Waals surface area contributed by atoms with Gasteiger partial charge in [-0.2, -0.15) is 0 Å². The molecule has 1 heterocycles. The van der Waals surface area contributed by atoms with Gasteiger partial charge < -0.3 is 10.6 Å². The number of aromatic nitrogens is 2. The minimum absolute atomic E-state index is 0.219. The van der Waals surface area contributed by atoms with E-state index in [1.165, 1.54) is 18.5 Å². The topological polar surface area (TPSA) is 66.9 Å². The molecule has 0 radical (unpaired) electrons. The van der Waals surface area contributed by atoms with E-state index in [-0.39, 0.29) is 17.4 Å². The van der Waals surface area contributed by atoms with Crippen molar-refractivity contribution in [2.45, 2.75) is 20.3 Å². The first-order chi connectivity index (χ1) is 13.0. The standard InChI is InChI=1S/C21H21FN4O/c1-14-7-8-18(15(2)11-14)26-21(27)19-12-25-20(13-24-19)23-10-9-16-5-3-4-6-17(16)22/h3-8,11-13H,9-10H2,1-2H3,(H,23,25)(H,26,27). The van der Waals surface area contributed by atoms with Crippen molar-refractivity contribution < 1.29 is 9.18 Å². The van der Waals surface area contributed by atoms with E-state index >= 15 is 0 Å². The zero-order valence-corrected chi connectivity index (χ0v) is 15.3. The van der Waals surface area contributed by atoms with Gasteiger partial charge in [0.15, 0.2) is 0 Å². The quantitative estimate of drug-likeness (QED) is 0.690. The summed E-state index contributed by atoms with van der Waals surface area (Å²) in [7, 11) is 0. The number of nitrogens with zero attached hydrogens (tertiary/aromatic N) is 2. The van der Waals surface area contributed by atoms with E-state index in [9.17, 15) is 9.18 Å². The highest BCUT2D eigenvalue weighted by Crippen LogP contribution is 2.17.